The first-order valence-electron chi connectivity index (χ1n) is 8.05. The number of hydrogen-bond donors (Lipinski definition) is 1. The van der Waals surface area contributed by atoms with E-state index in [0.717, 1.165) is 5.56 Å². The number of carbonyl (C=O) groups is 1. The molecule has 0 aromatic heterocycles. The SMILES string of the molecule is O=C(Nc1ccc([N+](=O)[O-])cc1)c1cccc(OCc2ccccc2Cl)c1. The minimum absolute atomic E-state index is 0.0389. The van der Waals surface area contributed by atoms with E-state index in [2.05, 4.69) is 5.32 Å². The molecule has 0 bridgehead atoms. The summed E-state index contributed by atoms with van der Waals surface area (Å²) in [4.78, 5) is 22.6. The number of nitrogens with one attached hydrogen (secondary N) is 1. The zero-order chi connectivity index (χ0) is 19.2. The summed E-state index contributed by atoms with van der Waals surface area (Å²) < 4.78 is 5.72. The minimum Gasteiger partial charge on any atom is -0.489 e. The Morgan fingerprint density at radius 3 is 2.48 bits per heavy atom. The van der Waals surface area contributed by atoms with Gasteiger partial charge in [-0.25, -0.2) is 0 Å². The first-order chi connectivity index (χ1) is 13.0. The number of non-ortho nitro benzene ring substituents is 1. The summed E-state index contributed by atoms with van der Waals surface area (Å²) in [6.45, 7) is 0.285. The highest BCUT2D eigenvalue weighted by Crippen LogP contribution is 2.21. The van der Waals surface area contributed by atoms with Crippen LogP contribution in [0.4, 0.5) is 11.4 Å². The molecule has 136 valence electrons. The number of hydrogen-bond acceptors (Lipinski definition) is 4. The van der Waals surface area contributed by atoms with Crippen molar-refractivity contribution in [2.75, 3.05) is 5.32 Å². The molecular weight excluding hydrogens is 368 g/mol. The maximum atomic E-state index is 12.4. The number of amides is 1. The summed E-state index contributed by atoms with van der Waals surface area (Å²) in [5, 5.41) is 14.0. The lowest BCUT2D eigenvalue weighted by molar-refractivity contribution is -0.384. The molecule has 6 nitrogen and oxygen atoms in total. The fourth-order valence-electron chi connectivity index (χ4n) is 2.37. The van der Waals surface area contributed by atoms with Gasteiger partial charge in [-0.1, -0.05) is 35.9 Å². The molecule has 0 saturated carbocycles. The number of nitro groups is 1. The maximum absolute atomic E-state index is 12.4. The highest BCUT2D eigenvalue weighted by Gasteiger charge is 2.10. The second-order valence-electron chi connectivity index (χ2n) is 5.67. The van der Waals surface area contributed by atoms with Crippen molar-refractivity contribution in [3.63, 3.8) is 0 Å². The monoisotopic (exact) mass is 382 g/mol. The van der Waals surface area contributed by atoms with E-state index in [1.165, 1.54) is 24.3 Å². The lowest BCUT2D eigenvalue weighted by Gasteiger charge is -2.10. The van der Waals surface area contributed by atoms with Crippen LogP contribution in [0.3, 0.4) is 0 Å². The van der Waals surface area contributed by atoms with E-state index < -0.39 is 4.92 Å². The van der Waals surface area contributed by atoms with Gasteiger partial charge in [0, 0.05) is 34.0 Å². The summed E-state index contributed by atoms with van der Waals surface area (Å²) in [6.07, 6.45) is 0. The number of nitro benzene ring substituents is 1. The predicted molar refractivity (Wildman–Crippen MR) is 103 cm³/mol. The van der Waals surface area contributed by atoms with Crippen molar-refractivity contribution in [2.24, 2.45) is 0 Å². The van der Waals surface area contributed by atoms with Crippen LogP contribution in [0, 0.1) is 10.1 Å². The van der Waals surface area contributed by atoms with Gasteiger partial charge in [-0.2, -0.15) is 0 Å². The number of halogens is 1. The standard InChI is InChI=1S/C20H15ClN2O4/c21-19-7-2-1-4-15(19)13-27-18-6-3-5-14(12-18)20(24)22-16-8-10-17(11-9-16)23(25)26/h1-12H,13H2,(H,22,24). The quantitative estimate of drug-likeness (QED) is 0.476. The molecule has 0 radical (unpaired) electrons. The topological polar surface area (TPSA) is 81.5 Å². The van der Waals surface area contributed by atoms with Crippen LogP contribution in [0.25, 0.3) is 0 Å². The smallest absolute Gasteiger partial charge is 0.269 e. The molecule has 0 fully saturated rings. The third kappa shape index (κ3) is 4.83. The Labute approximate surface area is 160 Å². The average molecular weight is 383 g/mol. The molecule has 0 aliphatic carbocycles. The van der Waals surface area contributed by atoms with E-state index in [1.807, 2.05) is 18.2 Å². The van der Waals surface area contributed by atoms with Gasteiger partial charge in [0.05, 0.1) is 4.92 Å². The molecule has 0 atom stereocenters. The Morgan fingerprint density at radius 1 is 1.04 bits per heavy atom. The van der Waals surface area contributed by atoms with Gasteiger partial charge in [0.1, 0.15) is 12.4 Å². The third-order valence-electron chi connectivity index (χ3n) is 3.78. The van der Waals surface area contributed by atoms with Gasteiger partial charge in [-0.15, -0.1) is 0 Å². The number of carbonyl (C=O) groups excluding carboxylic acids is 1. The van der Waals surface area contributed by atoms with Crippen molar-refractivity contribution in [1.29, 1.82) is 0 Å². The highest BCUT2D eigenvalue weighted by atomic mass is 35.5. The van der Waals surface area contributed by atoms with Gasteiger partial charge in [-0.05, 0) is 36.4 Å². The normalized spacial score (nSPS) is 10.3. The van der Waals surface area contributed by atoms with Gasteiger partial charge in [0.15, 0.2) is 0 Å². The lowest BCUT2D eigenvalue weighted by atomic mass is 10.2. The Morgan fingerprint density at radius 2 is 1.78 bits per heavy atom. The van der Waals surface area contributed by atoms with E-state index in [9.17, 15) is 14.9 Å². The van der Waals surface area contributed by atoms with Crippen LogP contribution in [0.15, 0.2) is 72.8 Å². The van der Waals surface area contributed by atoms with E-state index in [-0.39, 0.29) is 18.2 Å². The number of anilines is 1. The van der Waals surface area contributed by atoms with E-state index >= 15 is 0 Å². The van der Waals surface area contributed by atoms with Crippen LogP contribution in [0.2, 0.25) is 5.02 Å². The minimum atomic E-state index is -0.495. The average Bonchev–Trinajstić information content (AvgIpc) is 2.68. The lowest BCUT2D eigenvalue weighted by Crippen LogP contribution is -2.12. The number of nitrogens with zero attached hydrogens (tertiary/aromatic N) is 1. The Hall–Kier alpha value is -3.38. The van der Waals surface area contributed by atoms with Crippen molar-refractivity contribution in [3.05, 3.63) is 99.1 Å². The zero-order valence-corrected chi connectivity index (χ0v) is 14.8. The summed E-state index contributed by atoms with van der Waals surface area (Å²) in [5.41, 5.74) is 1.68. The molecule has 0 saturated heterocycles. The predicted octanol–water partition coefficient (Wildman–Crippen LogP) is 5.08. The molecule has 1 N–H and O–H groups in total. The van der Waals surface area contributed by atoms with Crippen molar-refractivity contribution in [3.8, 4) is 5.75 Å². The maximum Gasteiger partial charge on any atom is 0.269 e. The Balaban J connectivity index is 1.66. The van der Waals surface area contributed by atoms with Crippen LogP contribution in [-0.4, -0.2) is 10.8 Å². The molecule has 7 heteroatoms. The highest BCUT2D eigenvalue weighted by molar-refractivity contribution is 6.31. The molecule has 3 aromatic carbocycles. The summed E-state index contributed by atoms with van der Waals surface area (Å²) in [5.74, 6) is 0.193. The number of ether oxygens (including phenoxy) is 1. The van der Waals surface area contributed by atoms with Gasteiger partial charge in [0.2, 0.25) is 0 Å². The summed E-state index contributed by atoms with van der Waals surface area (Å²) in [7, 11) is 0. The van der Waals surface area contributed by atoms with Crippen molar-refractivity contribution < 1.29 is 14.5 Å². The molecule has 27 heavy (non-hydrogen) atoms. The molecule has 0 heterocycles. The van der Waals surface area contributed by atoms with Crippen LogP contribution < -0.4 is 10.1 Å². The second-order valence-corrected chi connectivity index (χ2v) is 6.07. The third-order valence-corrected chi connectivity index (χ3v) is 4.15. The second kappa shape index (κ2) is 8.33. The van der Waals surface area contributed by atoms with E-state index in [1.54, 1.807) is 30.3 Å². The molecule has 0 aliphatic rings. The van der Waals surface area contributed by atoms with Gasteiger partial charge >= 0.3 is 0 Å². The summed E-state index contributed by atoms with van der Waals surface area (Å²) >= 11 is 6.11. The van der Waals surface area contributed by atoms with Crippen LogP contribution in [0.1, 0.15) is 15.9 Å². The summed E-state index contributed by atoms with van der Waals surface area (Å²) in [6, 6.07) is 19.7. The Bertz CT molecular complexity index is 974. The van der Waals surface area contributed by atoms with Crippen LogP contribution in [-0.2, 0) is 6.61 Å². The van der Waals surface area contributed by atoms with E-state index in [4.69, 9.17) is 16.3 Å². The van der Waals surface area contributed by atoms with Crippen LogP contribution >= 0.6 is 11.6 Å². The molecule has 0 unspecified atom stereocenters. The molecular formula is C20H15ClN2O4. The number of rotatable bonds is 6. The van der Waals surface area contributed by atoms with Gasteiger partial charge < -0.3 is 10.1 Å². The van der Waals surface area contributed by atoms with E-state index in [0.29, 0.717) is 22.0 Å². The van der Waals surface area contributed by atoms with Crippen molar-refractivity contribution in [1.82, 2.24) is 0 Å². The molecule has 3 aromatic rings. The number of benzene rings is 3. The fraction of sp³-hybridized carbons (Fsp3) is 0.0500. The largest absolute Gasteiger partial charge is 0.489 e. The molecule has 0 spiro atoms. The molecule has 3 rings (SSSR count). The fourth-order valence-corrected chi connectivity index (χ4v) is 2.56. The van der Waals surface area contributed by atoms with Crippen LogP contribution in [0.5, 0.6) is 5.75 Å². The molecule has 0 aliphatic heterocycles. The Kier molecular flexibility index (Phi) is 5.68. The molecule has 1 amide bonds. The first-order valence-corrected chi connectivity index (χ1v) is 8.43. The zero-order valence-electron chi connectivity index (χ0n) is 14.1. The van der Waals surface area contributed by atoms with Crippen molar-refractivity contribution >= 4 is 28.9 Å². The van der Waals surface area contributed by atoms with Gasteiger partial charge in [-0.3, -0.25) is 14.9 Å². The van der Waals surface area contributed by atoms with Gasteiger partial charge in [0.25, 0.3) is 11.6 Å². The van der Waals surface area contributed by atoms with Crippen molar-refractivity contribution in [2.45, 2.75) is 6.61 Å². The first kappa shape index (κ1) is 18.4.